The number of benzene rings is 2. The van der Waals surface area contributed by atoms with E-state index in [1.54, 1.807) is 0 Å². The lowest BCUT2D eigenvalue weighted by atomic mass is 9.94. The van der Waals surface area contributed by atoms with Gasteiger partial charge in [0.1, 0.15) is 0 Å². The van der Waals surface area contributed by atoms with Crippen LogP contribution in [0.5, 0.6) is 0 Å². The van der Waals surface area contributed by atoms with Crippen LogP contribution in [0.1, 0.15) is 24.1 Å². The molecule has 1 heterocycles. The van der Waals surface area contributed by atoms with Gasteiger partial charge in [-0.2, -0.15) is 0 Å². The summed E-state index contributed by atoms with van der Waals surface area (Å²) in [6.07, 6.45) is 0. The predicted octanol–water partition coefficient (Wildman–Crippen LogP) is 3.88. The van der Waals surface area contributed by atoms with Crippen molar-refractivity contribution in [1.82, 2.24) is 5.32 Å². The molecule has 4 nitrogen and oxygen atoms in total. The summed E-state index contributed by atoms with van der Waals surface area (Å²) in [4.78, 5) is 14.4. The second-order valence-electron chi connectivity index (χ2n) is 5.95. The van der Waals surface area contributed by atoms with Gasteiger partial charge in [-0.25, -0.2) is 4.79 Å². The average molecular weight is 352 g/mol. The Labute approximate surface area is 153 Å². The highest BCUT2D eigenvalue weighted by Gasteiger charge is 2.35. The number of aryl methyl sites for hydroxylation is 1. The minimum Gasteiger partial charge on any atom is -0.466 e. The first-order valence-corrected chi connectivity index (χ1v) is 8.45. The van der Waals surface area contributed by atoms with E-state index in [-0.39, 0.29) is 12.0 Å². The molecule has 0 amide bonds. The summed E-state index contributed by atoms with van der Waals surface area (Å²) < 4.78 is 5.05. The van der Waals surface area contributed by atoms with Gasteiger partial charge in [0.15, 0.2) is 5.11 Å². The summed E-state index contributed by atoms with van der Waals surface area (Å²) in [5, 5.41) is 3.85. The van der Waals surface area contributed by atoms with Crippen molar-refractivity contribution in [3.63, 3.8) is 0 Å². The van der Waals surface area contributed by atoms with Crippen molar-refractivity contribution in [2.75, 3.05) is 12.0 Å². The van der Waals surface area contributed by atoms with Gasteiger partial charge in [0.2, 0.25) is 0 Å². The van der Waals surface area contributed by atoms with Crippen LogP contribution in [0, 0.1) is 6.92 Å². The molecule has 5 heteroatoms. The number of nitrogens with zero attached hydrogens (tertiary/aromatic N) is 1. The molecule has 1 atom stereocenters. The van der Waals surface area contributed by atoms with E-state index in [0.29, 0.717) is 10.7 Å². The largest absolute Gasteiger partial charge is 0.466 e. The van der Waals surface area contributed by atoms with Crippen molar-refractivity contribution >= 4 is 29.0 Å². The van der Waals surface area contributed by atoms with Crippen molar-refractivity contribution < 1.29 is 9.53 Å². The molecule has 0 saturated carbocycles. The van der Waals surface area contributed by atoms with Crippen LogP contribution < -0.4 is 10.2 Å². The zero-order valence-corrected chi connectivity index (χ0v) is 15.3. The Kier molecular flexibility index (Phi) is 4.86. The van der Waals surface area contributed by atoms with Crippen molar-refractivity contribution in [1.29, 1.82) is 0 Å². The van der Waals surface area contributed by atoms with Crippen molar-refractivity contribution in [3.8, 4) is 0 Å². The van der Waals surface area contributed by atoms with E-state index in [0.717, 1.165) is 22.5 Å². The Morgan fingerprint density at radius 3 is 2.32 bits per heavy atom. The topological polar surface area (TPSA) is 41.6 Å². The minimum atomic E-state index is -0.362. The Balaban J connectivity index is 2.12. The number of ether oxygens (including phenoxy) is 1. The van der Waals surface area contributed by atoms with Crippen LogP contribution in [0.2, 0.25) is 0 Å². The highest BCUT2D eigenvalue weighted by molar-refractivity contribution is 7.80. The molecule has 2 aromatic carbocycles. The van der Waals surface area contributed by atoms with Gasteiger partial charge in [-0.15, -0.1) is 0 Å². The van der Waals surface area contributed by atoms with Gasteiger partial charge in [0, 0.05) is 11.4 Å². The zero-order chi connectivity index (χ0) is 18.0. The monoisotopic (exact) mass is 352 g/mol. The molecule has 0 aliphatic carbocycles. The number of hydrogen-bond acceptors (Lipinski definition) is 3. The van der Waals surface area contributed by atoms with E-state index in [2.05, 4.69) is 5.32 Å². The first kappa shape index (κ1) is 17.2. The molecule has 0 bridgehead atoms. The molecule has 0 fully saturated rings. The number of carbonyl (C=O) groups excluding carboxylic acids is 1. The van der Waals surface area contributed by atoms with E-state index in [1.165, 1.54) is 7.11 Å². The SMILES string of the molecule is COC(=O)C1=C(C)N(c2ccccc2)C(=S)NC1c1ccc(C)cc1. The standard InChI is InChI=1S/C20H20N2O2S/c1-13-9-11-15(12-10-13)18-17(19(23)24-3)14(2)22(20(25)21-18)16-7-5-4-6-8-16/h4-12,18H,1-3H3,(H,21,25). The summed E-state index contributed by atoms with van der Waals surface area (Å²) in [6, 6.07) is 17.5. The van der Waals surface area contributed by atoms with E-state index >= 15 is 0 Å². The Hall–Kier alpha value is -2.66. The maximum atomic E-state index is 12.5. The lowest BCUT2D eigenvalue weighted by Gasteiger charge is -2.37. The number of thiocarbonyl (C=S) groups is 1. The summed E-state index contributed by atoms with van der Waals surface area (Å²) in [5.74, 6) is -0.362. The summed E-state index contributed by atoms with van der Waals surface area (Å²) >= 11 is 5.59. The van der Waals surface area contributed by atoms with E-state index in [4.69, 9.17) is 17.0 Å². The normalized spacial score (nSPS) is 17.3. The van der Waals surface area contributed by atoms with Gasteiger partial charge in [-0.3, -0.25) is 4.90 Å². The fourth-order valence-electron chi connectivity index (χ4n) is 3.01. The minimum absolute atomic E-state index is 0.333. The van der Waals surface area contributed by atoms with Crippen molar-refractivity contribution in [2.24, 2.45) is 0 Å². The molecule has 0 spiro atoms. The zero-order valence-electron chi connectivity index (χ0n) is 14.4. The molecule has 0 aromatic heterocycles. The van der Waals surface area contributed by atoms with Gasteiger partial charge in [-0.05, 0) is 43.8 Å². The second-order valence-corrected chi connectivity index (χ2v) is 6.34. The van der Waals surface area contributed by atoms with Crippen LogP contribution in [0.3, 0.4) is 0 Å². The van der Waals surface area contributed by atoms with Crippen LogP contribution in [0.15, 0.2) is 65.9 Å². The molecule has 25 heavy (non-hydrogen) atoms. The van der Waals surface area contributed by atoms with Gasteiger partial charge >= 0.3 is 5.97 Å². The maximum absolute atomic E-state index is 12.5. The summed E-state index contributed by atoms with van der Waals surface area (Å²) in [5.41, 5.74) is 4.37. The highest BCUT2D eigenvalue weighted by atomic mass is 32.1. The van der Waals surface area contributed by atoms with Crippen LogP contribution >= 0.6 is 12.2 Å². The van der Waals surface area contributed by atoms with E-state index < -0.39 is 0 Å². The molecule has 2 aromatic rings. The Morgan fingerprint density at radius 1 is 1.08 bits per heavy atom. The van der Waals surface area contributed by atoms with Gasteiger partial charge < -0.3 is 10.1 Å². The number of allylic oxidation sites excluding steroid dienone is 1. The maximum Gasteiger partial charge on any atom is 0.337 e. The quantitative estimate of drug-likeness (QED) is 0.671. The summed E-state index contributed by atoms with van der Waals surface area (Å²) in [6.45, 7) is 3.93. The number of esters is 1. The lowest BCUT2D eigenvalue weighted by molar-refractivity contribution is -0.136. The number of anilines is 1. The summed E-state index contributed by atoms with van der Waals surface area (Å²) in [7, 11) is 1.40. The Morgan fingerprint density at radius 2 is 1.72 bits per heavy atom. The predicted molar refractivity (Wildman–Crippen MR) is 103 cm³/mol. The molecular formula is C20H20N2O2S. The first-order valence-electron chi connectivity index (χ1n) is 8.04. The molecule has 1 N–H and O–H groups in total. The number of para-hydroxylation sites is 1. The molecule has 3 rings (SSSR count). The molecule has 1 aliphatic rings. The number of nitrogens with one attached hydrogen (secondary N) is 1. The van der Waals surface area contributed by atoms with E-state index in [1.807, 2.05) is 73.3 Å². The third-order valence-corrected chi connectivity index (χ3v) is 4.62. The average Bonchev–Trinajstić information content (AvgIpc) is 2.62. The van der Waals surface area contributed by atoms with Crippen molar-refractivity contribution in [2.45, 2.75) is 19.9 Å². The molecule has 0 saturated heterocycles. The molecule has 1 unspecified atom stereocenters. The Bertz CT molecular complexity index is 829. The molecule has 0 radical (unpaired) electrons. The van der Waals surface area contributed by atoms with Crippen LogP contribution in [0.25, 0.3) is 0 Å². The molecule has 1 aliphatic heterocycles. The van der Waals surface area contributed by atoms with Crippen LogP contribution in [0.4, 0.5) is 5.69 Å². The fourth-order valence-corrected chi connectivity index (χ4v) is 3.37. The smallest absolute Gasteiger partial charge is 0.337 e. The van der Waals surface area contributed by atoms with Gasteiger partial charge in [0.25, 0.3) is 0 Å². The number of hydrogen-bond donors (Lipinski definition) is 1. The second kappa shape index (κ2) is 7.07. The van der Waals surface area contributed by atoms with Gasteiger partial charge in [0.05, 0.1) is 18.7 Å². The van der Waals surface area contributed by atoms with E-state index in [9.17, 15) is 4.79 Å². The molecular weight excluding hydrogens is 332 g/mol. The third kappa shape index (κ3) is 3.28. The highest BCUT2D eigenvalue weighted by Crippen LogP contribution is 2.34. The fraction of sp³-hybridized carbons (Fsp3) is 0.200. The van der Waals surface area contributed by atoms with Gasteiger partial charge in [-0.1, -0.05) is 48.0 Å². The van der Waals surface area contributed by atoms with Crippen LogP contribution in [-0.4, -0.2) is 18.2 Å². The van der Waals surface area contributed by atoms with Crippen molar-refractivity contribution in [3.05, 3.63) is 77.0 Å². The number of carbonyl (C=O) groups is 1. The third-order valence-electron chi connectivity index (χ3n) is 4.32. The molecule has 128 valence electrons. The number of rotatable bonds is 3. The van der Waals surface area contributed by atoms with Crippen LogP contribution in [-0.2, 0) is 9.53 Å². The first-order chi connectivity index (χ1) is 12.0. The number of methoxy groups -OCH3 is 1. The lowest BCUT2D eigenvalue weighted by Crippen LogP contribution is -2.48.